The SMILES string of the molecule is CC1(C)OB(C(F)=Cc2cc(=O)c(OCc3ccccc3)co2)OC1(C)C. The van der Waals surface area contributed by atoms with Crippen LogP contribution in [0.1, 0.15) is 39.0 Å². The first kappa shape index (κ1) is 19.4. The third-order valence-electron chi connectivity index (χ3n) is 4.81. The lowest BCUT2D eigenvalue weighted by Crippen LogP contribution is -2.41. The highest BCUT2D eigenvalue weighted by Crippen LogP contribution is 2.39. The van der Waals surface area contributed by atoms with Gasteiger partial charge in [0.2, 0.25) is 11.2 Å². The van der Waals surface area contributed by atoms with Gasteiger partial charge < -0.3 is 18.5 Å². The Labute approximate surface area is 157 Å². The Hall–Kier alpha value is -2.38. The Morgan fingerprint density at radius 3 is 2.37 bits per heavy atom. The molecule has 0 unspecified atom stereocenters. The Bertz CT molecular complexity index is 873. The van der Waals surface area contributed by atoms with Crippen molar-refractivity contribution in [3.05, 3.63) is 69.9 Å². The molecule has 1 aromatic heterocycles. The molecule has 0 amide bonds. The molecule has 1 aromatic carbocycles. The van der Waals surface area contributed by atoms with Gasteiger partial charge in [-0.3, -0.25) is 4.79 Å². The minimum absolute atomic E-state index is 0.0549. The van der Waals surface area contributed by atoms with E-state index in [1.54, 1.807) is 0 Å². The second-order valence-corrected chi connectivity index (χ2v) is 7.40. The fourth-order valence-electron chi connectivity index (χ4n) is 2.49. The Balaban J connectivity index is 1.70. The van der Waals surface area contributed by atoms with Gasteiger partial charge in [-0.05, 0) is 33.3 Å². The third-order valence-corrected chi connectivity index (χ3v) is 4.81. The molecule has 0 saturated carbocycles. The molecule has 0 spiro atoms. The minimum atomic E-state index is -1.14. The van der Waals surface area contributed by atoms with Crippen molar-refractivity contribution < 1.29 is 22.9 Å². The normalized spacial score (nSPS) is 18.6. The molecule has 0 aliphatic carbocycles. The van der Waals surface area contributed by atoms with E-state index in [4.69, 9.17) is 18.5 Å². The maximum Gasteiger partial charge on any atom is 0.525 e. The van der Waals surface area contributed by atoms with Gasteiger partial charge >= 0.3 is 7.12 Å². The van der Waals surface area contributed by atoms with Gasteiger partial charge in [0.1, 0.15) is 24.4 Å². The van der Waals surface area contributed by atoms with Gasteiger partial charge in [-0.25, -0.2) is 4.39 Å². The number of hydrogen-bond donors (Lipinski definition) is 0. The molecule has 3 rings (SSSR count). The van der Waals surface area contributed by atoms with Crippen LogP contribution in [0.2, 0.25) is 0 Å². The van der Waals surface area contributed by atoms with Crippen LogP contribution >= 0.6 is 0 Å². The first-order chi connectivity index (χ1) is 12.7. The average Bonchev–Trinajstić information content (AvgIpc) is 2.83. The maximum atomic E-state index is 14.5. The lowest BCUT2D eigenvalue weighted by Gasteiger charge is -2.32. The number of halogens is 1. The number of rotatable bonds is 5. The number of benzene rings is 1. The highest BCUT2D eigenvalue weighted by atomic mass is 19.1. The largest absolute Gasteiger partial charge is 0.525 e. The van der Waals surface area contributed by atoms with Crippen LogP contribution in [0.4, 0.5) is 4.39 Å². The molecule has 27 heavy (non-hydrogen) atoms. The lowest BCUT2D eigenvalue weighted by atomic mass is 9.87. The van der Waals surface area contributed by atoms with E-state index in [2.05, 4.69) is 0 Å². The summed E-state index contributed by atoms with van der Waals surface area (Å²) >= 11 is 0. The summed E-state index contributed by atoms with van der Waals surface area (Å²) in [5.74, 6) is 0.117. The van der Waals surface area contributed by atoms with Crippen LogP contribution in [-0.4, -0.2) is 18.3 Å². The smallest absolute Gasteiger partial charge is 0.482 e. The van der Waals surface area contributed by atoms with Crippen LogP contribution in [-0.2, 0) is 15.9 Å². The second-order valence-electron chi connectivity index (χ2n) is 7.40. The molecule has 5 nitrogen and oxygen atoms in total. The molecule has 7 heteroatoms. The topological polar surface area (TPSA) is 57.9 Å². The van der Waals surface area contributed by atoms with E-state index in [-0.39, 0.29) is 18.1 Å². The van der Waals surface area contributed by atoms with Gasteiger partial charge in [0, 0.05) is 12.1 Å². The predicted octanol–water partition coefficient (Wildman–Crippen LogP) is 4.16. The van der Waals surface area contributed by atoms with Gasteiger partial charge in [-0.2, -0.15) is 0 Å². The zero-order chi connectivity index (χ0) is 19.7. The summed E-state index contributed by atoms with van der Waals surface area (Å²) in [5, 5.41) is 0. The first-order valence-electron chi connectivity index (χ1n) is 8.70. The van der Waals surface area contributed by atoms with E-state index in [0.29, 0.717) is 0 Å². The summed E-state index contributed by atoms with van der Waals surface area (Å²) in [6.45, 7) is 7.57. The zero-order valence-electron chi connectivity index (χ0n) is 15.8. The molecular formula is C20H22BFO5. The van der Waals surface area contributed by atoms with Crippen LogP contribution in [0.5, 0.6) is 5.75 Å². The third kappa shape index (κ3) is 4.31. The summed E-state index contributed by atoms with van der Waals surface area (Å²) < 4.78 is 36.5. The lowest BCUT2D eigenvalue weighted by molar-refractivity contribution is 0.00578. The molecule has 2 aromatic rings. The summed E-state index contributed by atoms with van der Waals surface area (Å²) in [4.78, 5) is 12.2. The standard InChI is InChI=1S/C20H22BFO5/c1-19(2)20(3,4)27-21(26-19)18(22)11-15-10-16(23)17(13-24-15)25-12-14-8-6-5-7-9-14/h5-11,13H,12H2,1-4H3. The summed E-state index contributed by atoms with van der Waals surface area (Å²) in [6, 6.07) is 10.6. The Morgan fingerprint density at radius 2 is 1.78 bits per heavy atom. The number of hydrogen-bond acceptors (Lipinski definition) is 5. The molecule has 142 valence electrons. The van der Waals surface area contributed by atoms with E-state index in [1.165, 1.54) is 12.3 Å². The molecule has 1 aliphatic rings. The summed E-state index contributed by atoms with van der Waals surface area (Å²) in [6.07, 6.45) is 2.26. The van der Waals surface area contributed by atoms with Crippen molar-refractivity contribution in [2.45, 2.75) is 45.5 Å². The highest BCUT2D eigenvalue weighted by Gasteiger charge is 2.53. The summed E-state index contributed by atoms with van der Waals surface area (Å²) in [7, 11) is -1.14. The molecule has 2 heterocycles. The second kappa shape index (κ2) is 7.33. The van der Waals surface area contributed by atoms with Crippen molar-refractivity contribution in [3.63, 3.8) is 0 Å². The predicted molar refractivity (Wildman–Crippen MR) is 101 cm³/mol. The molecule has 1 aliphatic heterocycles. The van der Waals surface area contributed by atoms with Crippen LogP contribution in [0, 0.1) is 0 Å². The molecule has 0 atom stereocenters. The maximum absolute atomic E-state index is 14.5. The fourth-order valence-corrected chi connectivity index (χ4v) is 2.49. The Kier molecular flexibility index (Phi) is 5.26. The van der Waals surface area contributed by atoms with Gasteiger partial charge in [0.25, 0.3) is 0 Å². The van der Waals surface area contributed by atoms with Crippen LogP contribution in [0.3, 0.4) is 0 Å². The number of ether oxygens (including phenoxy) is 1. The van der Waals surface area contributed by atoms with Crippen molar-refractivity contribution in [3.8, 4) is 5.75 Å². The van der Waals surface area contributed by atoms with Gasteiger partial charge in [0.15, 0.2) is 0 Å². The minimum Gasteiger partial charge on any atom is -0.482 e. The van der Waals surface area contributed by atoms with E-state index >= 15 is 0 Å². The van der Waals surface area contributed by atoms with Crippen LogP contribution in [0.25, 0.3) is 6.08 Å². The zero-order valence-corrected chi connectivity index (χ0v) is 15.8. The molecular weight excluding hydrogens is 350 g/mol. The van der Waals surface area contributed by atoms with E-state index in [0.717, 1.165) is 11.6 Å². The molecule has 1 saturated heterocycles. The van der Waals surface area contributed by atoms with Crippen molar-refractivity contribution in [1.29, 1.82) is 0 Å². The van der Waals surface area contributed by atoms with Crippen LogP contribution in [0.15, 0.2) is 57.6 Å². The van der Waals surface area contributed by atoms with Gasteiger partial charge in [-0.15, -0.1) is 0 Å². The molecule has 0 radical (unpaired) electrons. The monoisotopic (exact) mass is 372 g/mol. The van der Waals surface area contributed by atoms with E-state index in [9.17, 15) is 9.18 Å². The van der Waals surface area contributed by atoms with Gasteiger partial charge in [-0.1, -0.05) is 30.3 Å². The Morgan fingerprint density at radius 1 is 1.15 bits per heavy atom. The van der Waals surface area contributed by atoms with Crippen molar-refractivity contribution in [2.24, 2.45) is 0 Å². The molecule has 0 N–H and O–H groups in total. The first-order valence-corrected chi connectivity index (χ1v) is 8.70. The average molecular weight is 372 g/mol. The molecule has 0 bridgehead atoms. The van der Waals surface area contributed by atoms with Gasteiger partial charge in [0.05, 0.1) is 11.2 Å². The highest BCUT2D eigenvalue weighted by molar-refractivity contribution is 6.54. The van der Waals surface area contributed by atoms with E-state index < -0.39 is 29.5 Å². The van der Waals surface area contributed by atoms with Crippen LogP contribution < -0.4 is 10.2 Å². The van der Waals surface area contributed by atoms with E-state index in [1.807, 2.05) is 58.0 Å². The fraction of sp³-hybridized carbons (Fsp3) is 0.350. The quantitative estimate of drug-likeness (QED) is 0.738. The van der Waals surface area contributed by atoms with Crippen molar-refractivity contribution in [2.75, 3.05) is 0 Å². The van der Waals surface area contributed by atoms with Crippen molar-refractivity contribution >= 4 is 13.2 Å². The summed E-state index contributed by atoms with van der Waals surface area (Å²) in [5.41, 5.74) is -1.45. The van der Waals surface area contributed by atoms with Crippen molar-refractivity contribution in [1.82, 2.24) is 0 Å². The molecule has 1 fully saturated rings.